The number of nitrogens with zero attached hydrogens (tertiary/aromatic N) is 1. The monoisotopic (exact) mass is 512 g/mol. The van der Waals surface area contributed by atoms with E-state index in [4.69, 9.17) is 16.3 Å². The molecule has 0 saturated carbocycles. The second-order valence-electron chi connectivity index (χ2n) is 10.2. The number of hydrogen-bond acceptors (Lipinski definition) is 4. The zero-order valence-electron chi connectivity index (χ0n) is 21.1. The predicted molar refractivity (Wildman–Crippen MR) is 148 cm³/mol. The molecular weight excluding hydrogens is 484 g/mol. The Labute approximate surface area is 222 Å². The number of ketones is 1. The number of halogens is 1. The molecule has 37 heavy (non-hydrogen) atoms. The summed E-state index contributed by atoms with van der Waals surface area (Å²) in [6, 6.07) is 23.9. The summed E-state index contributed by atoms with van der Waals surface area (Å²) < 4.78 is 5.71. The second kappa shape index (κ2) is 9.56. The van der Waals surface area contributed by atoms with Crippen LogP contribution >= 0.6 is 11.6 Å². The fourth-order valence-electron chi connectivity index (χ4n) is 5.48. The fraction of sp³-hybridized carbons (Fsp3) is 0.226. The number of hydrogen-bond donors (Lipinski definition) is 2. The first-order valence-electron chi connectivity index (χ1n) is 12.2. The fourth-order valence-corrected chi connectivity index (χ4v) is 5.70. The standard InChI is InChI=1S/C31H29ClN2O3/c1-31(2)17-23-27(24(35)18-31)26(20-13-7-10-16-25(20)37-3)28(29(36)19-11-5-4-6-12-19)30(33)34(23)22-15-9-8-14-21(22)32/h4-16,26,33,36H,17-18H2,1-3H3/b29-28+,33-30?. The topological polar surface area (TPSA) is 73.6 Å². The van der Waals surface area contributed by atoms with Gasteiger partial charge in [0.25, 0.3) is 0 Å². The van der Waals surface area contributed by atoms with Crippen molar-refractivity contribution in [3.05, 3.63) is 112 Å². The molecule has 6 heteroatoms. The maximum absolute atomic E-state index is 14.0. The summed E-state index contributed by atoms with van der Waals surface area (Å²) in [5.41, 5.74) is 3.23. The quantitative estimate of drug-likeness (QED) is 0.354. The highest BCUT2D eigenvalue weighted by Crippen LogP contribution is 2.53. The molecule has 3 aromatic carbocycles. The summed E-state index contributed by atoms with van der Waals surface area (Å²) in [5, 5.41) is 21.7. The summed E-state index contributed by atoms with van der Waals surface area (Å²) in [5.74, 6) is -0.0713. The number of carbonyl (C=O) groups is 1. The van der Waals surface area contributed by atoms with E-state index in [-0.39, 0.29) is 22.8 Å². The number of ether oxygens (including phenoxy) is 1. The Morgan fingerprint density at radius 2 is 1.65 bits per heavy atom. The van der Waals surface area contributed by atoms with Crippen molar-refractivity contribution in [2.75, 3.05) is 12.0 Å². The minimum atomic E-state index is -0.679. The number of methoxy groups -OCH3 is 1. The van der Waals surface area contributed by atoms with Crippen LogP contribution in [0.4, 0.5) is 5.69 Å². The molecule has 0 amide bonds. The number of aliphatic hydroxyl groups is 1. The Kier molecular flexibility index (Phi) is 6.42. The van der Waals surface area contributed by atoms with E-state index in [2.05, 4.69) is 13.8 Å². The Hall–Kier alpha value is -3.83. The van der Waals surface area contributed by atoms with Crippen LogP contribution < -0.4 is 9.64 Å². The molecule has 1 unspecified atom stereocenters. The average Bonchev–Trinajstić information content (AvgIpc) is 2.88. The predicted octanol–water partition coefficient (Wildman–Crippen LogP) is 7.54. The van der Waals surface area contributed by atoms with Gasteiger partial charge >= 0.3 is 0 Å². The second-order valence-corrected chi connectivity index (χ2v) is 10.6. The van der Waals surface area contributed by atoms with Crippen molar-refractivity contribution in [3.8, 4) is 5.75 Å². The summed E-state index contributed by atoms with van der Waals surface area (Å²) in [4.78, 5) is 15.7. The van der Waals surface area contributed by atoms with E-state index in [9.17, 15) is 15.3 Å². The number of benzene rings is 3. The first-order chi connectivity index (χ1) is 17.7. The van der Waals surface area contributed by atoms with Crippen LogP contribution in [-0.2, 0) is 4.79 Å². The van der Waals surface area contributed by atoms with Crippen molar-refractivity contribution >= 4 is 34.7 Å². The third-order valence-electron chi connectivity index (χ3n) is 7.07. The van der Waals surface area contributed by atoms with Crippen LogP contribution in [0.3, 0.4) is 0 Å². The Bertz CT molecular complexity index is 1460. The third-order valence-corrected chi connectivity index (χ3v) is 7.39. The van der Waals surface area contributed by atoms with Gasteiger partial charge in [-0.05, 0) is 30.0 Å². The number of allylic oxidation sites excluding steroid dienone is 2. The number of carbonyl (C=O) groups excluding carboxylic acids is 1. The molecule has 0 bridgehead atoms. The molecule has 0 fully saturated rings. The lowest BCUT2D eigenvalue weighted by Crippen LogP contribution is -2.45. The van der Waals surface area contributed by atoms with Crippen LogP contribution in [-0.4, -0.2) is 23.8 Å². The van der Waals surface area contributed by atoms with E-state index < -0.39 is 5.92 Å². The number of para-hydroxylation sites is 2. The van der Waals surface area contributed by atoms with E-state index in [1.54, 1.807) is 30.2 Å². The van der Waals surface area contributed by atoms with Crippen molar-refractivity contribution in [2.45, 2.75) is 32.6 Å². The summed E-state index contributed by atoms with van der Waals surface area (Å²) in [6.45, 7) is 4.13. The Morgan fingerprint density at radius 1 is 1.00 bits per heavy atom. The SMILES string of the molecule is COc1ccccc1C1C2=C(CC(C)(C)CC2=O)N(c2ccccc2Cl)C(=N)/C1=C(/O)c1ccccc1. The van der Waals surface area contributed by atoms with Crippen molar-refractivity contribution in [3.63, 3.8) is 0 Å². The first kappa shape index (κ1) is 24.8. The molecule has 1 atom stereocenters. The van der Waals surface area contributed by atoms with Crippen LogP contribution in [0.1, 0.15) is 43.7 Å². The molecule has 5 rings (SSSR count). The van der Waals surface area contributed by atoms with E-state index >= 15 is 0 Å². The van der Waals surface area contributed by atoms with Gasteiger partial charge in [0.1, 0.15) is 17.3 Å². The molecule has 1 heterocycles. The number of rotatable bonds is 4. The molecule has 5 nitrogen and oxygen atoms in total. The molecule has 3 aromatic rings. The molecule has 1 aliphatic heterocycles. The van der Waals surface area contributed by atoms with Gasteiger partial charge in [0.2, 0.25) is 0 Å². The minimum absolute atomic E-state index is 0.00919. The van der Waals surface area contributed by atoms with E-state index in [0.29, 0.717) is 46.0 Å². The Morgan fingerprint density at radius 3 is 2.35 bits per heavy atom. The highest BCUT2D eigenvalue weighted by molar-refractivity contribution is 6.34. The lowest BCUT2D eigenvalue weighted by Gasteiger charge is -2.45. The van der Waals surface area contributed by atoms with Gasteiger partial charge in [0.05, 0.1) is 23.7 Å². The summed E-state index contributed by atoms with van der Waals surface area (Å²) in [6.07, 6.45) is 0.938. The van der Waals surface area contributed by atoms with E-state index in [1.807, 2.05) is 60.7 Å². The van der Waals surface area contributed by atoms with E-state index in [0.717, 1.165) is 11.3 Å². The molecular formula is C31H29ClN2O3. The molecule has 2 N–H and O–H groups in total. The van der Waals surface area contributed by atoms with Crippen LogP contribution in [0.15, 0.2) is 95.7 Å². The van der Waals surface area contributed by atoms with Gasteiger partial charge in [-0.3, -0.25) is 15.1 Å². The molecule has 0 aromatic heterocycles. The number of anilines is 1. The van der Waals surface area contributed by atoms with Crippen LogP contribution in [0.2, 0.25) is 5.02 Å². The van der Waals surface area contributed by atoms with Gasteiger partial charge < -0.3 is 9.84 Å². The normalized spacial score (nSPS) is 20.5. The van der Waals surface area contributed by atoms with Gasteiger partial charge in [-0.15, -0.1) is 0 Å². The van der Waals surface area contributed by atoms with Crippen LogP contribution in [0.25, 0.3) is 5.76 Å². The van der Waals surface area contributed by atoms with Crippen molar-refractivity contribution in [1.29, 1.82) is 5.41 Å². The van der Waals surface area contributed by atoms with Gasteiger partial charge in [0.15, 0.2) is 5.78 Å². The summed E-state index contributed by atoms with van der Waals surface area (Å²) in [7, 11) is 1.59. The van der Waals surface area contributed by atoms with Gasteiger partial charge in [-0.25, -0.2) is 0 Å². The molecule has 0 saturated heterocycles. The van der Waals surface area contributed by atoms with Gasteiger partial charge in [0, 0.05) is 34.4 Å². The number of Topliss-reactive ketones (excluding diaryl/α,β-unsaturated/α-hetero) is 1. The largest absolute Gasteiger partial charge is 0.507 e. The number of nitrogens with one attached hydrogen (secondary N) is 1. The molecule has 2 aliphatic rings. The van der Waals surface area contributed by atoms with Crippen molar-refractivity contribution < 1.29 is 14.6 Å². The van der Waals surface area contributed by atoms with Gasteiger partial charge in [-0.2, -0.15) is 0 Å². The van der Waals surface area contributed by atoms with Crippen LogP contribution in [0.5, 0.6) is 5.75 Å². The van der Waals surface area contributed by atoms with Gasteiger partial charge in [-0.1, -0.05) is 86.1 Å². The smallest absolute Gasteiger partial charge is 0.162 e. The molecule has 0 spiro atoms. The summed E-state index contributed by atoms with van der Waals surface area (Å²) >= 11 is 6.66. The molecule has 188 valence electrons. The zero-order chi connectivity index (χ0) is 26.3. The third kappa shape index (κ3) is 4.34. The van der Waals surface area contributed by atoms with Crippen molar-refractivity contribution in [2.24, 2.45) is 5.41 Å². The highest BCUT2D eigenvalue weighted by atomic mass is 35.5. The first-order valence-corrected chi connectivity index (χ1v) is 12.6. The lowest BCUT2D eigenvalue weighted by atomic mass is 9.67. The number of aliphatic hydroxyl groups excluding tert-OH is 1. The van der Waals surface area contributed by atoms with E-state index in [1.165, 1.54) is 0 Å². The zero-order valence-corrected chi connectivity index (χ0v) is 21.8. The lowest BCUT2D eigenvalue weighted by molar-refractivity contribution is -0.118. The maximum Gasteiger partial charge on any atom is 0.162 e. The van der Waals surface area contributed by atoms with Crippen molar-refractivity contribution in [1.82, 2.24) is 0 Å². The molecule has 1 aliphatic carbocycles. The number of amidine groups is 1. The van der Waals surface area contributed by atoms with Crippen LogP contribution in [0, 0.1) is 10.8 Å². The maximum atomic E-state index is 14.0. The average molecular weight is 513 g/mol. The molecule has 0 radical (unpaired) electrons. The highest BCUT2D eigenvalue weighted by Gasteiger charge is 2.47. The minimum Gasteiger partial charge on any atom is -0.507 e. The Balaban J connectivity index is 1.90.